The molecule has 4 heteroatoms. The van der Waals surface area contributed by atoms with Gasteiger partial charge in [0.1, 0.15) is 0 Å². The monoisotopic (exact) mass is 398 g/mol. The van der Waals surface area contributed by atoms with Crippen LogP contribution in [0.2, 0.25) is 0 Å². The number of rotatable bonds is 6. The predicted molar refractivity (Wildman–Crippen MR) is 119 cm³/mol. The number of amides is 2. The van der Waals surface area contributed by atoms with Crippen LogP contribution >= 0.6 is 0 Å². The summed E-state index contributed by atoms with van der Waals surface area (Å²) in [4.78, 5) is 27.8. The Morgan fingerprint density at radius 2 is 1.70 bits per heavy atom. The average molecular weight is 399 g/mol. The van der Waals surface area contributed by atoms with Gasteiger partial charge in [-0.3, -0.25) is 9.59 Å². The van der Waals surface area contributed by atoms with Crippen molar-refractivity contribution in [3.8, 4) is 0 Å². The highest BCUT2D eigenvalue weighted by Crippen LogP contribution is 2.33. The van der Waals surface area contributed by atoms with Crippen molar-refractivity contribution < 1.29 is 9.59 Å². The van der Waals surface area contributed by atoms with Gasteiger partial charge in [0.2, 0.25) is 5.91 Å². The number of nitrogens with one attached hydrogen (secondary N) is 1. The number of fused-ring (bicyclic) bond motifs is 1. The van der Waals surface area contributed by atoms with E-state index in [-0.39, 0.29) is 24.3 Å². The third kappa shape index (κ3) is 4.13. The Morgan fingerprint density at radius 1 is 1.00 bits per heavy atom. The van der Waals surface area contributed by atoms with Gasteiger partial charge >= 0.3 is 0 Å². The summed E-state index contributed by atoms with van der Waals surface area (Å²) in [5, 5.41) is 2.99. The van der Waals surface area contributed by atoms with Crippen molar-refractivity contribution in [2.75, 3.05) is 5.32 Å². The molecule has 3 aromatic rings. The van der Waals surface area contributed by atoms with E-state index in [1.807, 2.05) is 84.6 Å². The molecule has 4 nitrogen and oxygen atoms in total. The first-order valence-electron chi connectivity index (χ1n) is 10.4. The summed E-state index contributed by atoms with van der Waals surface area (Å²) >= 11 is 0. The maximum Gasteiger partial charge on any atom is 0.255 e. The van der Waals surface area contributed by atoms with Gasteiger partial charge < -0.3 is 10.2 Å². The van der Waals surface area contributed by atoms with E-state index >= 15 is 0 Å². The van der Waals surface area contributed by atoms with Crippen molar-refractivity contribution in [3.63, 3.8) is 0 Å². The zero-order valence-corrected chi connectivity index (χ0v) is 17.4. The summed E-state index contributed by atoms with van der Waals surface area (Å²) in [6, 6.07) is 23.3. The van der Waals surface area contributed by atoms with Gasteiger partial charge in [0.25, 0.3) is 5.91 Å². The molecular weight excluding hydrogens is 372 g/mol. The summed E-state index contributed by atoms with van der Waals surface area (Å²) < 4.78 is 0. The maximum atomic E-state index is 13.1. The van der Waals surface area contributed by atoms with Crippen LogP contribution in [-0.4, -0.2) is 16.7 Å². The highest BCUT2D eigenvalue weighted by Gasteiger charge is 2.34. The number of carbonyl (C=O) groups excluding carboxylic acids is 2. The molecule has 30 heavy (non-hydrogen) atoms. The van der Waals surface area contributed by atoms with Crippen molar-refractivity contribution in [1.82, 2.24) is 4.90 Å². The molecule has 4 rings (SSSR count). The minimum atomic E-state index is -0.319. The first-order valence-corrected chi connectivity index (χ1v) is 10.4. The van der Waals surface area contributed by atoms with Crippen LogP contribution in [0, 0.1) is 6.92 Å². The molecule has 0 bridgehead atoms. The Hall–Kier alpha value is -3.40. The summed E-state index contributed by atoms with van der Waals surface area (Å²) in [7, 11) is 0. The van der Waals surface area contributed by atoms with E-state index in [0.29, 0.717) is 6.54 Å². The molecule has 2 amide bonds. The largest absolute Gasteiger partial charge is 0.327 e. The first kappa shape index (κ1) is 19.9. The van der Waals surface area contributed by atoms with Gasteiger partial charge in [0.15, 0.2) is 0 Å². The Labute approximate surface area is 177 Å². The Balaban J connectivity index is 1.57. The van der Waals surface area contributed by atoms with Crippen LogP contribution in [0.1, 0.15) is 52.0 Å². The molecule has 0 spiro atoms. The van der Waals surface area contributed by atoms with Crippen molar-refractivity contribution in [1.29, 1.82) is 0 Å². The number of aryl methyl sites for hydroxylation is 2. The predicted octanol–water partition coefficient (Wildman–Crippen LogP) is 5.28. The molecule has 0 aliphatic carbocycles. The number of carbonyl (C=O) groups is 2. The summed E-state index contributed by atoms with van der Waals surface area (Å²) in [5.74, 6) is -0.121. The standard InChI is InChI=1S/C26H26N2O2/c1-3-19-10-14-22(15-11-19)27-25(29)16-24(20-12-8-18(2)9-13-20)28-17-21-6-4-5-7-23(21)26(28)30/h4-15,24H,3,16-17H2,1-2H3,(H,27,29)/t24-/m0/s1. The van der Waals surface area contributed by atoms with E-state index in [2.05, 4.69) is 12.2 Å². The Kier molecular flexibility index (Phi) is 5.66. The Morgan fingerprint density at radius 3 is 2.37 bits per heavy atom. The van der Waals surface area contributed by atoms with Crippen LogP contribution in [-0.2, 0) is 17.8 Å². The lowest BCUT2D eigenvalue weighted by atomic mass is 10.00. The maximum absolute atomic E-state index is 13.1. The van der Waals surface area contributed by atoms with Crippen LogP contribution in [0.15, 0.2) is 72.8 Å². The minimum absolute atomic E-state index is 0.0173. The number of anilines is 1. The molecule has 0 fully saturated rings. The van der Waals surface area contributed by atoms with E-state index in [4.69, 9.17) is 0 Å². The van der Waals surface area contributed by atoms with Gasteiger partial charge in [-0.2, -0.15) is 0 Å². The van der Waals surface area contributed by atoms with Crippen molar-refractivity contribution in [3.05, 3.63) is 101 Å². The van der Waals surface area contributed by atoms with Gasteiger partial charge in [-0.25, -0.2) is 0 Å². The highest BCUT2D eigenvalue weighted by molar-refractivity contribution is 5.99. The highest BCUT2D eigenvalue weighted by atomic mass is 16.2. The van der Waals surface area contributed by atoms with Crippen LogP contribution in [0.4, 0.5) is 5.69 Å². The normalized spacial score (nSPS) is 13.8. The lowest BCUT2D eigenvalue weighted by Gasteiger charge is -2.28. The molecule has 1 atom stereocenters. The van der Waals surface area contributed by atoms with Crippen LogP contribution < -0.4 is 5.32 Å². The van der Waals surface area contributed by atoms with Crippen molar-refractivity contribution in [2.24, 2.45) is 0 Å². The van der Waals surface area contributed by atoms with E-state index in [1.165, 1.54) is 5.56 Å². The van der Waals surface area contributed by atoms with Crippen LogP contribution in [0.25, 0.3) is 0 Å². The number of nitrogens with zero attached hydrogens (tertiary/aromatic N) is 1. The second kappa shape index (κ2) is 8.54. The first-order chi connectivity index (χ1) is 14.5. The molecule has 0 aromatic heterocycles. The molecule has 1 aliphatic heterocycles. The van der Waals surface area contributed by atoms with Gasteiger partial charge in [-0.1, -0.05) is 67.1 Å². The molecule has 0 radical (unpaired) electrons. The van der Waals surface area contributed by atoms with Gasteiger partial charge in [-0.05, 0) is 48.2 Å². The molecule has 1 aliphatic rings. The zero-order valence-electron chi connectivity index (χ0n) is 17.4. The average Bonchev–Trinajstić information content (AvgIpc) is 3.10. The fourth-order valence-corrected chi connectivity index (χ4v) is 3.94. The quantitative estimate of drug-likeness (QED) is 0.614. The fourth-order valence-electron chi connectivity index (χ4n) is 3.94. The third-order valence-corrected chi connectivity index (χ3v) is 5.71. The fraction of sp³-hybridized carbons (Fsp3) is 0.231. The molecule has 1 N–H and O–H groups in total. The van der Waals surface area contributed by atoms with Gasteiger partial charge in [0.05, 0.1) is 12.5 Å². The van der Waals surface area contributed by atoms with Crippen molar-refractivity contribution in [2.45, 2.75) is 39.3 Å². The topological polar surface area (TPSA) is 49.4 Å². The number of benzene rings is 3. The van der Waals surface area contributed by atoms with E-state index in [9.17, 15) is 9.59 Å². The molecular formula is C26H26N2O2. The molecule has 152 valence electrons. The lowest BCUT2D eigenvalue weighted by Crippen LogP contribution is -2.32. The third-order valence-electron chi connectivity index (χ3n) is 5.71. The smallest absolute Gasteiger partial charge is 0.255 e. The number of hydrogen-bond donors (Lipinski definition) is 1. The zero-order chi connectivity index (χ0) is 21.1. The van der Waals surface area contributed by atoms with E-state index in [1.54, 1.807) is 0 Å². The molecule has 0 saturated carbocycles. The second-order valence-corrected chi connectivity index (χ2v) is 7.82. The summed E-state index contributed by atoms with van der Waals surface area (Å²) in [5.41, 5.74) is 5.86. The van der Waals surface area contributed by atoms with E-state index in [0.717, 1.165) is 34.4 Å². The number of hydrogen-bond acceptors (Lipinski definition) is 2. The minimum Gasteiger partial charge on any atom is -0.327 e. The molecule has 0 unspecified atom stereocenters. The SMILES string of the molecule is CCc1ccc(NC(=O)C[C@@H](c2ccc(C)cc2)N2Cc3ccccc3C2=O)cc1. The molecule has 0 saturated heterocycles. The molecule has 3 aromatic carbocycles. The van der Waals surface area contributed by atoms with E-state index < -0.39 is 0 Å². The second-order valence-electron chi connectivity index (χ2n) is 7.82. The van der Waals surface area contributed by atoms with Gasteiger partial charge in [0, 0.05) is 17.8 Å². The van der Waals surface area contributed by atoms with Gasteiger partial charge in [-0.15, -0.1) is 0 Å². The Bertz CT molecular complexity index is 1060. The van der Waals surface area contributed by atoms with Crippen LogP contribution in [0.5, 0.6) is 0 Å². The van der Waals surface area contributed by atoms with Crippen LogP contribution in [0.3, 0.4) is 0 Å². The van der Waals surface area contributed by atoms with Crippen molar-refractivity contribution >= 4 is 17.5 Å². The lowest BCUT2D eigenvalue weighted by molar-refractivity contribution is -0.117. The summed E-state index contributed by atoms with van der Waals surface area (Å²) in [6.45, 7) is 4.65. The molecule has 1 heterocycles. The summed E-state index contributed by atoms with van der Waals surface area (Å²) in [6.07, 6.45) is 1.17.